The van der Waals surface area contributed by atoms with Gasteiger partial charge in [0.15, 0.2) is 0 Å². The monoisotopic (exact) mass is 248 g/mol. The molecular weight excluding hydrogens is 224 g/mol. The number of nitrogen functional groups attached to an aromatic ring is 1. The number of benzene rings is 1. The van der Waals surface area contributed by atoms with Crippen LogP contribution in [-0.4, -0.2) is 30.1 Å². The van der Waals surface area contributed by atoms with Gasteiger partial charge >= 0.3 is 0 Å². The highest BCUT2D eigenvalue weighted by Crippen LogP contribution is 2.22. The van der Waals surface area contributed by atoms with Crippen molar-refractivity contribution < 1.29 is 4.74 Å². The van der Waals surface area contributed by atoms with E-state index < -0.39 is 0 Å². The zero-order valence-corrected chi connectivity index (χ0v) is 11.4. The SMILES string of the molecule is CCC(C)N1CCC(Oc2cccc(N)c2)CC1. The number of likely N-dealkylation sites (tertiary alicyclic amines) is 1. The molecule has 0 aromatic heterocycles. The molecule has 1 heterocycles. The van der Waals surface area contributed by atoms with Gasteiger partial charge < -0.3 is 15.4 Å². The molecule has 3 heteroatoms. The van der Waals surface area contributed by atoms with Crippen LogP contribution in [-0.2, 0) is 0 Å². The standard InChI is InChI=1S/C15H24N2O/c1-3-12(2)17-9-7-14(8-10-17)18-15-6-4-5-13(16)11-15/h4-6,11-12,14H,3,7-10,16H2,1-2H3. The normalized spacial score (nSPS) is 19.7. The predicted molar refractivity (Wildman–Crippen MR) is 75.8 cm³/mol. The molecule has 100 valence electrons. The van der Waals surface area contributed by atoms with E-state index in [9.17, 15) is 0 Å². The highest BCUT2D eigenvalue weighted by atomic mass is 16.5. The van der Waals surface area contributed by atoms with Gasteiger partial charge in [-0.2, -0.15) is 0 Å². The molecule has 1 aliphatic rings. The Morgan fingerprint density at radius 3 is 2.72 bits per heavy atom. The fraction of sp³-hybridized carbons (Fsp3) is 0.600. The van der Waals surface area contributed by atoms with Crippen molar-refractivity contribution in [3.63, 3.8) is 0 Å². The summed E-state index contributed by atoms with van der Waals surface area (Å²) in [5.41, 5.74) is 6.52. The van der Waals surface area contributed by atoms with E-state index in [1.54, 1.807) is 0 Å². The number of rotatable bonds is 4. The fourth-order valence-corrected chi connectivity index (χ4v) is 2.47. The van der Waals surface area contributed by atoms with Crippen LogP contribution in [0, 0.1) is 0 Å². The zero-order valence-electron chi connectivity index (χ0n) is 11.4. The van der Waals surface area contributed by atoms with Gasteiger partial charge in [-0.05, 0) is 38.3 Å². The van der Waals surface area contributed by atoms with Crippen molar-refractivity contribution in [3.05, 3.63) is 24.3 Å². The molecule has 1 saturated heterocycles. The van der Waals surface area contributed by atoms with E-state index in [1.807, 2.05) is 24.3 Å². The van der Waals surface area contributed by atoms with Gasteiger partial charge in [0.1, 0.15) is 11.9 Å². The number of hydrogen-bond donors (Lipinski definition) is 1. The second-order valence-corrected chi connectivity index (χ2v) is 5.18. The van der Waals surface area contributed by atoms with Crippen molar-refractivity contribution in [2.75, 3.05) is 18.8 Å². The lowest BCUT2D eigenvalue weighted by atomic mass is 10.0. The molecule has 0 aliphatic carbocycles. The van der Waals surface area contributed by atoms with E-state index in [2.05, 4.69) is 18.7 Å². The first-order valence-corrected chi connectivity index (χ1v) is 6.95. The third-order valence-electron chi connectivity index (χ3n) is 3.85. The summed E-state index contributed by atoms with van der Waals surface area (Å²) in [6.45, 7) is 6.84. The Hall–Kier alpha value is -1.22. The van der Waals surface area contributed by atoms with Gasteiger partial charge in [0.25, 0.3) is 0 Å². The van der Waals surface area contributed by atoms with Crippen LogP contribution in [0.25, 0.3) is 0 Å². The first-order valence-electron chi connectivity index (χ1n) is 6.95. The maximum Gasteiger partial charge on any atom is 0.121 e. The Morgan fingerprint density at radius 2 is 2.11 bits per heavy atom. The number of hydrogen-bond acceptors (Lipinski definition) is 3. The largest absolute Gasteiger partial charge is 0.490 e. The van der Waals surface area contributed by atoms with E-state index in [0.29, 0.717) is 12.1 Å². The van der Waals surface area contributed by atoms with Crippen molar-refractivity contribution in [2.45, 2.75) is 45.3 Å². The first-order chi connectivity index (χ1) is 8.69. The third kappa shape index (κ3) is 3.39. The second kappa shape index (κ2) is 6.10. The van der Waals surface area contributed by atoms with Crippen LogP contribution in [0.3, 0.4) is 0 Å². The zero-order chi connectivity index (χ0) is 13.0. The highest BCUT2D eigenvalue weighted by molar-refractivity contribution is 5.43. The maximum absolute atomic E-state index is 5.99. The molecule has 1 aliphatic heterocycles. The molecule has 0 amide bonds. The molecule has 1 fully saturated rings. The average Bonchev–Trinajstić information content (AvgIpc) is 2.39. The number of nitrogens with zero attached hydrogens (tertiary/aromatic N) is 1. The number of ether oxygens (including phenoxy) is 1. The topological polar surface area (TPSA) is 38.5 Å². The Kier molecular flexibility index (Phi) is 4.48. The van der Waals surface area contributed by atoms with Gasteiger partial charge in [-0.25, -0.2) is 0 Å². The summed E-state index contributed by atoms with van der Waals surface area (Å²) in [7, 11) is 0. The summed E-state index contributed by atoms with van der Waals surface area (Å²) < 4.78 is 5.99. The molecule has 1 atom stereocenters. The van der Waals surface area contributed by atoms with Crippen molar-refractivity contribution >= 4 is 5.69 Å². The van der Waals surface area contributed by atoms with Gasteiger partial charge in [0.05, 0.1) is 0 Å². The minimum atomic E-state index is 0.340. The summed E-state index contributed by atoms with van der Waals surface area (Å²) in [5, 5.41) is 0. The van der Waals surface area contributed by atoms with Crippen molar-refractivity contribution in [1.29, 1.82) is 0 Å². The molecule has 0 saturated carbocycles. The van der Waals surface area contributed by atoms with E-state index >= 15 is 0 Å². The summed E-state index contributed by atoms with van der Waals surface area (Å²) in [5.74, 6) is 0.900. The Balaban J connectivity index is 1.83. The molecule has 1 aromatic carbocycles. The molecule has 3 nitrogen and oxygen atoms in total. The minimum absolute atomic E-state index is 0.340. The van der Waals surface area contributed by atoms with Crippen molar-refractivity contribution in [2.24, 2.45) is 0 Å². The molecule has 0 spiro atoms. The molecule has 2 N–H and O–H groups in total. The number of nitrogens with two attached hydrogens (primary N) is 1. The summed E-state index contributed by atoms with van der Waals surface area (Å²) >= 11 is 0. The molecule has 18 heavy (non-hydrogen) atoms. The molecular formula is C15H24N2O. The number of piperidine rings is 1. The van der Waals surface area contributed by atoms with Crippen molar-refractivity contribution in [3.8, 4) is 5.75 Å². The van der Waals surface area contributed by atoms with Gasteiger partial charge in [0.2, 0.25) is 0 Å². The van der Waals surface area contributed by atoms with Crippen LogP contribution in [0.4, 0.5) is 5.69 Å². The summed E-state index contributed by atoms with van der Waals surface area (Å²) in [6, 6.07) is 8.41. The van der Waals surface area contributed by atoms with Gasteiger partial charge in [-0.15, -0.1) is 0 Å². The lowest BCUT2D eigenvalue weighted by Crippen LogP contribution is -2.42. The Morgan fingerprint density at radius 1 is 1.39 bits per heavy atom. The van der Waals surface area contributed by atoms with Crippen LogP contribution in [0.1, 0.15) is 33.1 Å². The van der Waals surface area contributed by atoms with Gasteiger partial charge in [-0.1, -0.05) is 13.0 Å². The second-order valence-electron chi connectivity index (χ2n) is 5.18. The molecule has 1 aromatic rings. The predicted octanol–water partition coefficient (Wildman–Crippen LogP) is 2.91. The van der Waals surface area contributed by atoms with Gasteiger partial charge in [0, 0.05) is 30.9 Å². The molecule has 2 rings (SSSR count). The van der Waals surface area contributed by atoms with Gasteiger partial charge in [-0.3, -0.25) is 0 Å². The summed E-state index contributed by atoms with van der Waals surface area (Å²) in [6.07, 6.45) is 3.78. The van der Waals surface area contributed by atoms with E-state index in [1.165, 1.54) is 6.42 Å². The van der Waals surface area contributed by atoms with Crippen LogP contribution < -0.4 is 10.5 Å². The maximum atomic E-state index is 5.99. The fourth-order valence-electron chi connectivity index (χ4n) is 2.47. The molecule has 0 bridgehead atoms. The molecule has 0 radical (unpaired) electrons. The van der Waals surface area contributed by atoms with Crippen LogP contribution in [0.5, 0.6) is 5.75 Å². The summed E-state index contributed by atoms with van der Waals surface area (Å²) in [4.78, 5) is 2.55. The smallest absolute Gasteiger partial charge is 0.121 e. The Bertz CT molecular complexity index is 373. The minimum Gasteiger partial charge on any atom is -0.490 e. The van der Waals surface area contributed by atoms with Crippen LogP contribution in [0.15, 0.2) is 24.3 Å². The lowest BCUT2D eigenvalue weighted by Gasteiger charge is -2.35. The van der Waals surface area contributed by atoms with Crippen LogP contribution >= 0.6 is 0 Å². The average molecular weight is 248 g/mol. The first kappa shape index (κ1) is 13.2. The quantitative estimate of drug-likeness (QED) is 0.833. The van der Waals surface area contributed by atoms with E-state index in [4.69, 9.17) is 10.5 Å². The third-order valence-corrected chi connectivity index (χ3v) is 3.85. The van der Waals surface area contributed by atoms with Crippen LogP contribution in [0.2, 0.25) is 0 Å². The Labute approximate surface area is 110 Å². The van der Waals surface area contributed by atoms with E-state index in [0.717, 1.165) is 37.4 Å². The molecule has 1 unspecified atom stereocenters. The van der Waals surface area contributed by atoms with Crippen molar-refractivity contribution in [1.82, 2.24) is 4.90 Å². The van der Waals surface area contributed by atoms with E-state index in [-0.39, 0.29) is 0 Å². The lowest BCUT2D eigenvalue weighted by molar-refractivity contribution is 0.0789. The number of anilines is 1. The highest BCUT2D eigenvalue weighted by Gasteiger charge is 2.22.